The molecule has 5 heteroatoms. The second-order valence-corrected chi connectivity index (χ2v) is 7.07. The highest BCUT2D eigenvalue weighted by Crippen LogP contribution is 2.30. The molecule has 1 fully saturated rings. The van der Waals surface area contributed by atoms with Crippen LogP contribution in [0.5, 0.6) is 0 Å². The van der Waals surface area contributed by atoms with E-state index in [0.717, 1.165) is 16.8 Å². The average molecular weight is 354 g/mol. The molecule has 2 aromatic carbocycles. The highest BCUT2D eigenvalue weighted by Gasteiger charge is 2.35. The minimum absolute atomic E-state index is 0.130. The summed E-state index contributed by atoms with van der Waals surface area (Å²) in [5, 5.41) is 3.01. The average Bonchev–Trinajstić information content (AvgIpc) is 2.98. The smallest absolute Gasteiger partial charge is 0.229 e. The van der Waals surface area contributed by atoms with E-state index in [-0.39, 0.29) is 30.7 Å². The zero-order valence-electron chi connectivity index (χ0n) is 15.3. The summed E-state index contributed by atoms with van der Waals surface area (Å²) in [7, 11) is 0. The molecule has 1 saturated heterocycles. The Morgan fingerprint density at radius 1 is 1.23 bits per heavy atom. The number of hydrogen-bond acceptors (Lipinski definition) is 2. The van der Waals surface area contributed by atoms with E-state index >= 15 is 0 Å². The van der Waals surface area contributed by atoms with Crippen molar-refractivity contribution in [3.05, 3.63) is 59.4 Å². The predicted molar refractivity (Wildman–Crippen MR) is 101 cm³/mol. The Kier molecular flexibility index (Phi) is 5.07. The molecule has 1 unspecified atom stereocenters. The number of carbonyl (C=O) groups is 2. The number of halogens is 1. The van der Waals surface area contributed by atoms with Crippen LogP contribution in [0, 0.1) is 18.7 Å². The van der Waals surface area contributed by atoms with Gasteiger partial charge < -0.3 is 10.2 Å². The van der Waals surface area contributed by atoms with Crippen LogP contribution >= 0.6 is 0 Å². The summed E-state index contributed by atoms with van der Waals surface area (Å²) in [6.45, 7) is 6.38. The molecule has 0 spiro atoms. The predicted octanol–water partition coefficient (Wildman–Crippen LogP) is 4.25. The van der Waals surface area contributed by atoms with E-state index in [2.05, 4.69) is 19.2 Å². The van der Waals surface area contributed by atoms with Crippen molar-refractivity contribution < 1.29 is 14.0 Å². The fourth-order valence-electron chi connectivity index (χ4n) is 3.34. The highest BCUT2D eigenvalue weighted by molar-refractivity contribution is 6.04. The molecule has 0 saturated carbocycles. The number of nitrogens with zero attached hydrogens (tertiary/aromatic N) is 1. The normalized spacial score (nSPS) is 17.0. The molecule has 1 N–H and O–H groups in total. The molecule has 136 valence electrons. The first kappa shape index (κ1) is 18.1. The summed E-state index contributed by atoms with van der Waals surface area (Å²) in [6, 6.07) is 11.8. The standard InChI is InChI=1S/C21H23FN2O2/c1-13(2)18-9-4-6-14(3)20(18)23-21(26)15-10-19(25)24(12-15)17-8-5-7-16(22)11-17/h4-9,11,13,15H,10,12H2,1-3H3,(H,23,26). The maximum absolute atomic E-state index is 13.4. The van der Waals surface area contributed by atoms with Crippen molar-refractivity contribution in [1.82, 2.24) is 0 Å². The van der Waals surface area contributed by atoms with Gasteiger partial charge in [0, 0.05) is 24.3 Å². The van der Waals surface area contributed by atoms with Gasteiger partial charge in [-0.25, -0.2) is 4.39 Å². The van der Waals surface area contributed by atoms with E-state index in [4.69, 9.17) is 0 Å². The lowest BCUT2D eigenvalue weighted by atomic mass is 9.97. The molecule has 2 aromatic rings. The van der Waals surface area contributed by atoms with Crippen molar-refractivity contribution in [2.24, 2.45) is 5.92 Å². The molecule has 1 aliphatic rings. The number of nitrogens with one attached hydrogen (secondary N) is 1. The van der Waals surface area contributed by atoms with Gasteiger partial charge >= 0.3 is 0 Å². The fraction of sp³-hybridized carbons (Fsp3) is 0.333. The summed E-state index contributed by atoms with van der Waals surface area (Å²) < 4.78 is 13.4. The molecular formula is C21H23FN2O2. The number of hydrogen-bond donors (Lipinski definition) is 1. The van der Waals surface area contributed by atoms with E-state index in [1.165, 1.54) is 17.0 Å². The van der Waals surface area contributed by atoms with Gasteiger partial charge in [-0.15, -0.1) is 0 Å². The van der Waals surface area contributed by atoms with Gasteiger partial charge in [0.2, 0.25) is 11.8 Å². The largest absolute Gasteiger partial charge is 0.325 e. The van der Waals surface area contributed by atoms with Crippen molar-refractivity contribution >= 4 is 23.2 Å². The molecule has 2 amide bonds. The summed E-state index contributed by atoms with van der Waals surface area (Å²) in [6.07, 6.45) is 0.130. The van der Waals surface area contributed by atoms with Crippen LogP contribution in [0.15, 0.2) is 42.5 Å². The first-order valence-corrected chi connectivity index (χ1v) is 8.83. The van der Waals surface area contributed by atoms with Crippen molar-refractivity contribution in [2.45, 2.75) is 33.1 Å². The monoisotopic (exact) mass is 354 g/mol. The van der Waals surface area contributed by atoms with Crippen LogP contribution < -0.4 is 10.2 Å². The minimum atomic E-state index is -0.453. The van der Waals surface area contributed by atoms with Crippen LogP contribution in [-0.2, 0) is 9.59 Å². The summed E-state index contributed by atoms with van der Waals surface area (Å²) in [4.78, 5) is 26.6. The third kappa shape index (κ3) is 3.62. The maximum atomic E-state index is 13.4. The van der Waals surface area contributed by atoms with Crippen LogP contribution in [0.2, 0.25) is 0 Å². The van der Waals surface area contributed by atoms with Crippen LogP contribution in [0.3, 0.4) is 0 Å². The lowest BCUT2D eigenvalue weighted by Gasteiger charge is -2.19. The summed E-state index contributed by atoms with van der Waals surface area (Å²) >= 11 is 0. The van der Waals surface area contributed by atoms with E-state index in [1.54, 1.807) is 12.1 Å². The Morgan fingerprint density at radius 2 is 1.96 bits per heavy atom. The Hall–Kier alpha value is -2.69. The topological polar surface area (TPSA) is 49.4 Å². The molecule has 26 heavy (non-hydrogen) atoms. The first-order chi connectivity index (χ1) is 12.4. The third-order valence-corrected chi connectivity index (χ3v) is 4.79. The molecule has 1 aliphatic heterocycles. The number of aryl methyl sites for hydroxylation is 1. The molecule has 0 aromatic heterocycles. The van der Waals surface area contributed by atoms with Gasteiger partial charge in [0.1, 0.15) is 5.82 Å². The SMILES string of the molecule is Cc1cccc(C(C)C)c1NC(=O)C1CC(=O)N(c2cccc(F)c2)C1. The molecule has 0 aliphatic carbocycles. The van der Waals surface area contributed by atoms with E-state index in [0.29, 0.717) is 5.69 Å². The number of carbonyl (C=O) groups excluding carboxylic acids is 2. The number of rotatable bonds is 4. The van der Waals surface area contributed by atoms with Crippen LogP contribution in [-0.4, -0.2) is 18.4 Å². The van der Waals surface area contributed by atoms with Crippen molar-refractivity contribution in [1.29, 1.82) is 0 Å². The van der Waals surface area contributed by atoms with Gasteiger partial charge in [-0.05, 0) is 42.2 Å². The number of anilines is 2. The Morgan fingerprint density at radius 3 is 2.65 bits per heavy atom. The van der Waals surface area contributed by atoms with Crippen molar-refractivity contribution in [2.75, 3.05) is 16.8 Å². The van der Waals surface area contributed by atoms with Crippen LogP contribution in [0.1, 0.15) is 37.3 Å². The quantitative estimate of drug-likeness (QED) is 0.892. The number of para-hydroxylation sites is 1. The maximum Gasteiger partial charge on any atom is 0.229 e. The molecular weight excluding hydrogens is 331 g/mol. The fourth-order valence-corrected chi connectivity index (χ4v) is 3.34. The summed E-state index contributed by atoms with van der Waals surface area (Å²) in [5.74, 6) is -0.910. The second-order valence-electron chi connectivity index (χ2n) is 7.07. The number of amides is 2. The summed E-state index contributed by atoms with van der Waals surface area (Å²) in [5.41, 5.74) is 3.38. The van der Waals surface area contributed by atoms with Gasteiger partial charge in [-0.2, -0.15) is 0 Å². The molecule has 1 atom stereocenters. The van der Waals surface area contributed by atoms with Gasteiger partial charge in [0.05, 0.1) is 5.92 Å². The lowest BCUT2D eigenvalue weighted by molar-refractivity contribution is -0.122. The van der Waals surface area contributed by atoms with E-state index < -0.39 is 11.7 Å². The Bertz CT molecular complexity index is 848. The lowest BCUT2D eigenvalue weighted by Crippen LogP contribution is -2.28. The minimum Gasteiger partial charge on any atom is -0.325 e. The van der Waals surface area contributed by atoms with Crippen LogP contribution in [0.25, 0.3) is 0 Å². The molecule has 0 bridgehead atoms. The Labute approximate surface area is 153 Å². The number of benzene rings is 2. The van der Waals surface area contributed by atoms with Gasteiger partial charge in [-0.1, -0.05) is 38.1 Å². The highest BCUT2D eigenvalue weighted by atomic mass is 19.1. The van der Waals surface area contributed by atoms with E-state index in [9.17, 15) is 14.0 Å². The Balaban J connectivity index is 1.77. The molecule has 3 rings (SSSR count). The molecule has 1 heterocycles. The van der Waals surface area contributed by atoms with Crippen LogP contribution in [0.4, 0.5) is 15.8 Å². The first-order valence-electron chi connectivity index (χ1n) is 8.83. The van der Waals surface area contributed by atoms with Gasteiger partial charge in [-0.3, -0.25) is 9.59 Å². The second kappa shape index (κ2) is 7.28. The molecule has 0 radical (unpaired) electrons. The molecule has 4 nitrogen and oxygen atoms in total. The zero-order valence-corrected chi connectivity index (χ0v) is 15.3. The van der Waals surface area contributed by atoms with Crippen molar-refractivity contribution in [3.8, 4) is 0 Å². The zero-order chi connectivity index (χ0) is 18.8. The van der Waals surface area contributed by atoms with Gasteiger partial charge in [0.25, 0.3) is 0 Å². The van der Waals surface area contributed by atoms with Gasteiger partial charge in [0.15, 0.2) is 0 Å². The van der Waals surface area contributed by atoms with Crippen molar-refractivity contribution in [3.63, 3.8) is 0 Å². The third-order valence-electron chi connectivity index (χ3n) is 4.79. The van der Waals surface area contributed by atoms with E-state index in [1.807, 2.05) is 25.1 Å².